The number of amides is 1. The Balaban J connectivity index is 1.64. The van der Waals surface area contributed by atoms with Crippen LogP contribution in [0.2, 0.25) is 5.02 Å². The van der Waals surface area contributed by atoms with Gasteiger partial charge in [-0.1, -0.05) is 28.9 Å². The summed E-state index contributed by atoms with van der Waals surface area (Å²) in [6, 6.07) is 10.8. The van der Waals surface area contributed by atoms with Gasteiger partial charge in [-0.15, -0.1) is 0 Å². The molecule has 8 heteroatoms. The van der Waals surface area contributed by atoms with Crippen molar-refractivity contribution in [2.45, 2.75) is 19.0 Å². The monoisotopic (exact) mass is 390 g/mol. The third-order valence-corrected chi connectivity index (χ3v) is 4.86. The molecule has 3 rings (SSSR count). The molecule has 0 fully saturated rings. The molecule has 0 bridgehead atoms. The summed E-state index contributed by atoms with van der Waals surface area (Å²) in [5.41, 5.74) is 0.695. The molecule has 0 radical (unpaired) electrons. The van der Waals surface area contributed by atoms with E-state index in [-0.39, 0.29) is 18.5 Å². The molecule has 1 atom stereocenters. The van der Waals surface area contributed by atoms with Crippen molar-refractivity contribution in [1.82, 2.24) is 20.0 Å². The van der Waals surface area contributed by atoms with Crippen LogP contribution in [0.25, 0.3) is 11.4 Å². The largest absolute Gasteiger partial charge is 0.345 e. The first-order valence-corrected chi connectivity index (χ1v) is 9.93. The first-order valence-electron chi connectivity index (χ1n) is 8.15. The van der Waals surface area contributed by atoms with Crippen LogP contribution >= 0.6 is 23.4 Å². The minimum Gasteiger partial charge on any atom is -0.345 e. The minimum absolute atomic E-state index is 0.0762. The fourth-order valence-corrected chi connectivity index (χ4v) is 3.24. The predicted octanol–water partition coefficient (Wildman–Crippen LogP) is 3.80. The van der Waals surface area contributed by atoms with Crippen LogP contribution in [0.4, 0.5) is 0 Å². The van der Waals surface area contributed by atoms with Crippen LogP contribution < -0.4 is 5.32 Å². The van der Waals surface area contributed by atoms with Crippen molar-refractivity contribution in [1.29, 1.82) is 0 Å². The van der Waals surface area contributed by atoms with E-state index in [9.17, 15) is 4.79 Å². The summed E-state index contributed by atoms with van der Waals surface area (Å²) < 4.78 is 7.14. The molecule has 136 valence electrons. The second-order valence-corrected chi connectivity index (χ2v) is 7.03. The van der Waals surface area contributed by atoms with Crippen LogP contribution in [0.5, 0.6) is 0 Å². The van der Waals surface area contributed by atoms with Gasteiger partial charge < -0.3 is 14.4 Å². The number of nitrogens with zero attached hydrogens (tertiary/aromatic N) is 3. The van der Waals surface area contributed by atoms with Crippen molar-refractivity contribution in [2.24, 2.45) is 0 Å². The van der Waals surface area contributed by atoms with Crippen LogP contribution in [-0.2, 0) is 11.3 Å². The third kappa shape index (κ3) is 4.47. The van der Waals surface area contributed by atoms with Gasteiger partial charge in [0.05, 0.1) is 11.6 Å². The highest BCUT2D eigenvalue weighted by Gasteiger charge is 2.20. The summed E-state index contributed by atoms with van der Waals surface area (Å²) in [6.07, 6.45) is 6.56. The van der Waals surface area contributed by atoms with Crippen molar-refractivity contribution < 1.29 is 9.32 Å². The molecule has 0 aliphatic rings. The van der Waals surface area contributed by atoms with Gasteiger partial charge in [-0.3, -0.25) is 4.79 Å². The van der Waals surface area contributed by atoms with Crippen LogP contribution in [0.3, 0.4) is 0 Å². The quantitative estimate of drug-likeness (QED) is 0.633. The number of aromatic nitrogens is 3. The van der Waals surface area contributed by atoms with Crippen molar-refractivity contribution >= 4 is 29.3 Å². The summed E-state index contributed by atoms with van der Waals surface area (Å²) in [4.78, 5) is 16.9. The molecule has 6 nitrogen and oxygen atoms in total. The molecule has 2 aromatic heterocycles. The standard InChI is InChI=1S/C18H19ClN4O2S/c1-26-11-8-15(23-9-4-5-10-23)18(24)20-12-16-21-17(22-25-16)13-6-2-3-7-14(13)19/h2-7,9-10,15H,8,11-12H2,1H3,(H,20,24). The highest BCUT2D eigenvalue weighted by Crippen LogP contribution is 2.24. The maximum atomic E-state index is 12.6. The fourth-order valence-electron chi connectivity index (χ4n) is 2.56. The van der Waals surface area contributed by atoms with Crippen LogP contribution in [0.1, 0.15) is 18.4 Å². The second kappa shape index (κ2) is 8.91. The lowest BCUT2D eigenvalue weighted by atomic mass is 10.2. The molecule has 1 aromatic carbocycles. The first kappa shape index (κ1) is 18.5. The van der Waals surface area contributed by atoms with Crippen LogP contribution in [-0.4, -0.2) is 32.6 Å². The molecule has 1 amide bonds. The molecule has 0 saturated carbocycles. The number of benzene rings is 1. The molecule has 0 saturated heterocycles. The number of nitrogens with one attached hydrogen (secondary N) is 1. The average molecular weight is 391 g/mol. The van der Waals surface area contributed by atoms with Gasteiger partial charge in [0.15, 0.2) is 0 Å². The molecule has 3 aromatic rings. The summed E-state index contributed by atoms with van der Waals surface area (Å²) in [6.45, 7) is 0.174. The number of rotatable bonds is 8. The van der Waals surface area contributed by atoms with Crippen LogP contribution in [0, 0.1) is 0 Å². The van der Waals surface area contributed by atoms with Crippen LogP contribution in [0.15, 0.2) is 53.3 Å². The number of hydrogen-bond donors (Lipinski definition) is 1. The Bertz CT molecular complexity index is 851. The van der Waals surface area contributed by atoms with E-state index in [1.54, 1.807) is 17.8 Å². The number of carbonyl (C=O) groups excluding carboxylic acids is 1. The van der Waals surface area contributed by atoms with Crippen molar-refractivity contribution in [3.8, 4) is 11.4 Å². The summed E-state index contributed by atoms with van der Waals surface area (Å²) in [7, 11) is 0. The van der Waals surface area contributed by atoms with E-state index in [2.05, 4.69) is 15.5 Å². The number of thioether (sulfide) groups is 1. The van der Waals surface area contributed by atoms with Gasteiger partial charge in [0.1, 0.15) is 6.04 Å². The summed E-state index contributed by atoms with van der Waals surface area (Å²) >= 11 is 7.86. The summed E-state index contributed by atoms with van der Waals surface area (Å²) in [5.74, 6) is 1.56. The maximum Gasteiger partial charge on any atom is 0.246 e. The molecule has 2 heterocycles. The topological polar surface area (TPSA) is 73.0 Å². The van der Waals surface area contributed by atoms with Crippen molar-refractivity contribution in [3.63, 3.8) is 0 Å². The molecule has 1 N–H and O–H groups in total. The fraction of sp³-hybridized carbons (Fsp3) is 0.278. The van der Waals surface area contributed by atoms with Crippen molar-refractivity contribution in [2.75, 3.05) is 12.0 Å². The Kier molecular flexibility index (Phi) is 6.35. The lowest BCUT2D eigenvalue weighted by Crippen LogP contribution is -2.32. The Labute approximate surface area is 160 Å². The summed E-state index contributed by atoms with van der Waals surface area (Å²) in [5, 5.41) is 7.37. The number of carbonyl (C=O) groups is 1. The Morgan fingerprint density at radius 3 is 2.81 bits per heavy atom. The van der Waals surface area contributed by atoms with Crippen molar-refractivity contribution in [3.05, 3.63) is 59.7 Å². The van der Waals surface area contributed by atoms with Gasteiger partial charge in [0, 0.05) is 18.0 Å². The van der Waals surface area contributed by atoms with Gasteiger partial charge in [-0.2, -0.15) is 16.7 Å². The van der Waals surface area contributed by atoms with E-state index < -0.39 is 0 Å². The lowest BCUT2D eigenvalue weighted by molar-refractivity contribution is -0.124. The zero-order valence-corrected chi connectivity index (χ0v) is 15.8. The zero-order chi connectivity index (χ0) is 18.4. The van der Waals surface area contributed by atoms with E-state index in [1.165, 1.54) is 0 Å². The Hall–Kier alpha value is -2.25. The van der Waals surface area contributed by atoms with Gasteiger partial charge in [0.25, 0.3) is 0 Å². The molecule has 0 aliphatic carbocycles. The molecule has 26 heavy (non-hydrogen) atoms. The van der Waals surface area contributed by atoms with E-state index in [1.807, 2.05) is 53.5 Å². The lowest BCUT2D eigenvalue weighted by Gasteiger charge is -2.17. The first-order chi connectivity index (χ1) is 12.7. The van der Waals surface area contributed by atoms with Gasteiger partial charge in [-0.25, -0.2) is 0 Å². The average Bonchev–Trinajstić information content (AvgIpc) is 3.33. The molecule has 0 aliphatic heterocycles. The van der Waals surface area contributed by atoms with E-state index >= 15 is 0 Å². The van der Waals surface area contributed by atoms with E-state index in [4.69, 9.17) is 16.1 Å². The molecular weight excluding hydrogens is 372 g/mol. The Morgan fingerprint density at radius 2 is 2.08 bits per heavy atom. The minimum atomic E-state index is -0.261. The highest BCUT2D eigenvalue weighted by molar-refractivity contribution is 7.98. The van der Waals surface area contributed by atoms with Gasteiger partial charge in [-0.05, 0) is 42.7 Å². The highest BCUT2D eigenvalue weighted by atomic mass is 35.5. The normalized spacial score (nSPS) is 12.1. The van der Waals surface area contributed by atoms with E-state index in [0.717, 1.165) is 12.2 Å². The third-order valence-electron chi connectivity index (χ3n) is 3.88. The maximum absolute atomic E-state index is 12.6. The second-order valence-electron chi connectivity index (χ2n) is 5.64. The number of halogens is 1. The molecule has 1 unspecified atom stereocenters. The zero-order valence-electron chi connectivity index (χ0n) is 14.3. The Morgan fingerprint density at radius 1 is 1.31 bits per heavy atom. The predicted molar refractivity (Wildman–Crippen MR) is 103 cm³/mol. The molecule has 0 spiro atoms. The van der Waals surface area contributed by atoms with Gasteiger partial charge in [0.2, 0.25) is 17.6 Å². The van der Waals surface area contributed by atoms with Gasteiger partial charge >= 0.3 is 0 Å². The SMILES string of the molecule is CSCCC(C(=O)NCc1nc(-c2ccccc2Cl)no1)n1cccc1. The van der Waals surface area contributed by atoms with E-state index in [0.29, 0.717) is 22.3 Å². The molecular formula is C18H19ClN4O2S. The smallest absolute Gasteiger partial charge is 0.246 e. The number of hydrogen-bond acceptors (Lipinski definition) is 5.